The van der Waals surface area contributed by atoms with Crippen molar-refractivity contribution >= 4 is 133 Å². The molecule has 0 aliphatic carbocycles. The van der Waals surface area contributed by atoms with E-state index in [2.05, 4.69) is 42.4 Å². The van der Waals surface area contributed by atoms with Crippen molar-refractivity contribution in [2.75, 3.05) is 54.3 Å². The van der Waals surface area contributed by atoms with E-state index in [1.807, 2.05) is 6.92 Å². The van der Waals surface area contributed by atoms with E-state index in [4.69, 9.17) is 77.1 Å². The van der Waals surface area contributed by atoms with Gasteiger partial charge in [0.05, 0.1) is 123 Å². The number of fused-ring (bicyclic) bond motifs is 4. The van der Waals surface area contributed by atoms with Crippen LogP contribution in [0.5, 0.6) is 23.3 Å². The van der Waals surface area contributed by atoms with Crippen molar-refractivity contribution in [3.05, 3.63) is 249 Å². The molecule has 0 fully saturated rings. The normalized spacial score (nSPS) is 12.3. The molecular weight excluding hydrogens is 1800 g/mol. The standard InChI is InChI=1S/C41H44ClF2N7O7S.C32H28ClF2N7O5S.C10H14N2O3.C2HF3O.H3P/c1-8-9-18-57-33-17-14-29-36(46-33)47-37(31(45-40(53)58-41(2,3)4)21-25-19-26(43)22-27(44)20-25)51(39(29)52)32-16-15-30(42)34-35(32)49(5)48-38(34)50(59(7,54)55)23-24-10-12-28(56-6)13-11-24;1-40-28-25(10-9-23(33)27(28)31(39-40)41(48(3,45)46)16-17-4-6-21(47-2)7-5-17)42-30(24(36)14-18-12-19(34)15-20(35)13-18)38-29-22(32(42)44)8-11-26(43)37-29;1-2-3-6-15-8-5-4-7(10(13)14)9(11)12-8;3-2(4,5)1-6;/h10-17,19-20,22,31H,8-9,18,21,23H2,1-7H3,(H,45,53);4-13,15,24H,14,16,36H2,1-3H3,(H,37,43);4-5H,2-3,6H2,1H3,(H2,11,12)(H,13,14);1H;1H3/t31-;24-;;;/m00.../s1/i;;;;1T3. The number of anilines is 3. The molecule has 0 bridgehead atoms. The highest BCUT2D eigenvalue weighted by Gasteiger charge is 2.34. The lowest BCUT2D eigenvalue weighted by Gasteiger charge is -2.26. The van der Waals surface area contributed by atoms with Gasteiger partial charge in [-0.25, -0.2) is 62.6 Å². The van der Waals surface area contributed by atoms with E-state index >= 15 is 0 Å². The quantitative estimate of drug-likeness (QED) is 0.0132. The number of nitrogens with zero attached hydrogens (tertiary/aromatic N) is 12. The van der Waals surface area contributed by atoms with E-state index in [1.165, 1.54) is 87.3 Å². The number of sulfonamides is 2. The molecule has 13 aromatic rings. The minimum Gasteiger partial charge on any atom is -0.497 e. The van der Waals surface area contributed by atoms with Crippen molar-refractivity contribution in [3.8, 4) is 34.6 Å². The molecule has 0 unspecified atom stereocenters. The molecule has 686 valence electrons. The number of ether oxygens (including phenoxy) is 5. The monoisotopic (exact) mass is 1890 g/mol. The second-order valence-electron chi connectivity index (χ2n) is 29.8. The number of carbonyl (C=O) groups excluding carboxylic acids is 2. The number of carboxylic acid groups (broad SMARTS) is 1. The predicted octanol–water partition coefficient (Wildman–Crippen LogP) is 14.0. The number of carbonyl (C=O) groups is 3. The van der Waals surface area contributed by atoms with E-state index in [9.17, 15) is 71.5 Å². The minimum atomic E-state index is -4.64. The molecule has 2 atom stereocenters. The molecule has 7 aromatic heterocycles. The predicted molar refractivity (Wildman–Crippen MR) is 479 cm³/mol. The van der Waals surface area contributed by atoms with E-state index in [1.54, 1.807) is 89.5 Å². The van der Waals surface area contributed by atoms with E-state index in [0.717, 1.165) is 77.1 Å². The lowest BCUT2D eigenvalue weighted by Crippen LogP contribution is -2.39. The molecule has 7 heterocycles. The Hall–Kier alpha value is -12.8. The fourth-order valence-electron chi connectivity index (χ4n) is 13.1. The van der Waals surface area contributed by atoms with Crippen LogP contribution in [0.4, 0.5) is 53.0 Å². The van der Waals surface area contributed by atoms with Crippen molar-refractivity contribution in [1.29, 1.82) is 3.84 Å². The van der Waals surface area contributed by atoms with E-state index < -0.39 is 112 Å². The molecule has 0 saturated carbocycles. The molecule has 129 heavy (non-hydrogen) atoms. The Labute approximate surface area is 750 Å². The van der Waals surface area contributed by atoms with Gasteiger partial charge in [-0.3, -0.25) is 37.7 Å². The number of alkyl carbamates (subject to hydrolysis) is 1. The number of methoxy groups -OCH3 is 2. The number of amides is 1. The molecule has 13 rings (SSSR count). The number of aromatic amines is 1. The van der Waals surface area contributed by atoms with Crippen LogP contribution in [0.3, 0.4) is 0 Å². The van der Waals surface area contributed by atoms with Crippen LogP contribution in [0, 0.1) is 23.3 Å². The van der Waals surface area contributed by atoms with Crippen LogP contribution >= 0.6 is 32.9 Å². The highest BCUT2D eigenvalue weighted by atomic mass is 35.5. The van der Waals surface area contributed by atoms with Crippen LogP contribution in [0.2, 0.25) is 10.0 Å². The number of aromatic nitrogens is 11. The van der Waals surface area contributed by atoms with Gasteiger partial charge in [0.2, 0.25) is 43.7 Å². The summed E-state index contributed by atoms with van der Waals surface area (Å²) in [4.78, 5) is 94.4. The molecule has 0 saturated heterocycles. The lowest BCUT2D eigenvalue weighted by atomic mass is 10.0. The van der Waals surface area contributed by atoms with Gasteiger partial charge in [0.1, 0.15) is 69.0 Å². The highest BCUT2D eigenvalue weighted by molar-refractivity contribution is 7.92. The number of rotatable bonds is 28. The molecule has 32 nitrogen and oxygen atoms in total. The van der Waals surface area contributed by atoms with Crippen LogP contribution < -0.4 is 61.0 Å². The summed E-state index contributed by atoms with van der Waals surface area (Å²) in [5.74, 6) is -2.87. The summed E-state index contributed by atoms with van der Waals surface area (Å²) in [7, 11) is -3.64. The van der Waals surface area contributed by atoms with Crippen molar-refractivity contribution in [2.24, 2.45) is 19.8 Å². The van der Waals surface area contributed by atoms with E-state index in [-0.39, 0.29) is 143 Å². The molecule has 7 N–H and O–H groups in total. The van der Waals surface area contributed by atoms with Crippen molar-refractivity contribution in [2.45, 2.75) is 110 Å². The molecule has 0 aliphatic heterocycles. The largest absolute Gasteiger partial charge is 0.497 e. The number of nitrogens with one attached hydrogen (secondary N) is 2. The highest BCUT2D eigenvalue weighted by Crippen LogP contribution is 2.41. The SMILES string of the molecule is CCCCOc1ccc(C(=O)O)c(N)n1.CCCCOc1ccc2c(=O)n(-c3ccc(Cl)c4c(N(Cc5ccc(OC)cc5)S(C)(=O)=O)nn(C)c34)c([C@H](Cc3cc(F)cc(F)c3)NC(=O)OC(C)(C)C)nc2n1.COc1ccc(CN(c2nn(C)c3c(-n4c([C@@H](N)Cc5cc(F)cc(F)c5)nc5[nH]c(=O)ccc5c4=O)ccc(Cl)c23)S(C)(=O)=O)cc1.O=CC(F)(F)F.[3H]P([3H])[3H]. The van der Waals surface area contributed by atoms with Crippen molar-refractivity contribution in [3.63, 3.8) is 0 Å². The number of pyridine rings is 3. The molecule has 6 aromatic carbocycles. The maximum absolute atomic E-state index is 14.9. The summed E-state index contributed by atoms with van der Waals surface area (Å²) in [5, 5.41) is 21.4. The van der Waals surface area contributed by atoms with Gasteiger partial charge in [-0.1, -0.05) is 74.2 Å². The number of aromatic carboxylic acids is 1. The third-order valence-electron chi connectivity index (χ3n) is 18.9. The van der Waals surface area contributed by atoms with E-state index in [0.29, 0.717) is 47.8 Å². The third-order valence-corrected chi connectivity index (χ3v) is 21.7. The first-order valence-electron chi connectivity index (χ1n) is 40.2. The second-order valence-corrected chi connectivity index (χ2v) is 34.4. The van der Waals surface area contributed by atoms with Crippen LogP contribution in [-0.2, 0) is 69.6 Å². The number of aryl methyl sites for hydroxylation is 2. The summed E-state index contributed by atoms with van der Waals surface area (Å²) < 4.78 is 194. The number of benzene rings is 6. The first-order valence-corrected chi connectivity index (χ1v) is 43.3. The van der Waals surface area contributed by atoms with Crippen molar-refractivity contribution in [1.82, 2.24) is 58.9 Å². The van der Waals surface area contributed by atoms with Gasteiger partial charge in [0.25, 0.3) is 11.1 Å². The van der Waals surface area contributed by atoms with Gasteiger partial charge in [0.15, 0.2) is 17.3 Å². The van der Waals surface area contributed by atoms with Gasteiger partial charge in [-0.15, -0.1) is 0 Å². The van der Waals surface area contributed by atoms with Crippen LogP contribution in [0.1, 0.15) is 117 Å². The molecule has 1 amide bonds. The number of unbranched alkanes of at least 4 members (excludes halogenated alkanes) is 2. The third kappa shape index (κ3) is 25.2. The molecule has 0 aliphatic rings. The maximum Gasteiger partial charge on any atom is 0.446 e. The fourth-order valence-corrected chi connectivity index (χ4v) is 15.3. The fraction of sp³-hybridized carbons (Fsp3) is 0.294. The Kier molecular flexibility index (Phi) is 31.3. The topological polar surface area (TPSA) is 420 Å². The zero-order chi connectivity index (χ0) is 97.3. The van der Waals surface area contributed by atoms with Gasteiger partial charge >= 0.3 is 18.2 Å². The lowest BCUT2D eigenvalue weighted by molar-refractivity contribution is -0.156. The Morgan fingerprint density at radius 1 is 0.628 bits per heavy atom. The van der Waals surface area contributed by atoms with Crippen LogP contribution in [-0.4, -0.2) is 149 Å². The molecule has 0 radical (unpaired) electrons. The smallest absolute Gasteiger partial charge is 0.446 e. The van der Waals surface area contributed by atoms with Gasteiger partial charge in [-0.05, 0) is 153 Å². The van der Waals surface area contributed by atoms with Gasteiger partial charge < -0.3 is 50.6 Å². The molecule has 44 heteroatoms. The number of nitrogens with two attached hydrogens (primary N) is 2. The average molecular weight is 1900 g/mol. The molecule has 0 spiro atoms. The summed E-state index contributed by atoms with van der Waals surface area (Å²) >= 11 is 13.6. The summed E-state index contributed by atoms with van der Waals surface area (Å²) in [5.41, 5.74) is 11.6. The van der Waals surface area contributed by atoms with Gasteiger partial charge in [-0.2, -0.15) is 43.1 Å². The number of aldehydes is 1. The number of carboxylic acids is 1. The Balaban J connectivity index is 0.000000238. The minimum absolute atomic E-state index is 0.00200. The van der Waals surface area contributed by atoms with Crippen molar-refractivity contribution < 1.29 is 90.7 Å². The van der Waals surface area contributed by atoms with Gasteiger partial charge in [0, 0.05) is 50.8 Å². The first kappa shape index (κ1) is 95.3. The number of hydrogen-bond acceptors (Lipinski definition) is 23. The maximum atomic E-state index is 14.9. The number of H-pyrrole nitrogens is 1. The summed E-state index contributed by atoms with van der Waals surface area (Å²) in [6, 6.07) is 31.6. The Bertz CT molecular complexity index is 6790. The summed E-state index contributed by atoms with van der Waals surface area (Å²) in [6.45, 7) is 9.76. The Morgan fingerprint density at radius 3 is 1.49 bits per heavy atom. The number of hydrogen-bond donors (Lipinski definition) is 5. The second kappa shape index (κ2) is 42.4. The summed E-state index contributed by atoms with van der Waals surface area (Å²) in [6.07, 6.45) is -1.35. The number of halogens is 9. The number of alkyl halides is 3. The number of nitrogen functional groups attached to an aromatic ring is 1. The average Bonchev–Trinajstić information content (AvgIpc) is 1.56. The first-order chi connectivity index (χ1) is 62.0. The zero-order valence-electron chi connectivity index (χ0n) is 73.9. The molecular formula is C85H90Cl2F7N16O16PS2. The Morgan fingerprint density at radius 2 is 1.06 bits per heavy atom. The van der Waals surface area contributed by atoms with Crippen LogP contribution in [0.25, 0.3) is 55.2 Å². The van der Waals surface area contributed by atoms with Crippen LogP contribution in [0.15, 0.2) is 160 Å². The zero-order valence-corrected chi connectivity index (χ0v) is 75.0.